The molecule has 4 rings (SSSR count). The first kappa shape index (κ1) is 15.3. The number of nitrogens with zero attached hydrogens (tertiary/aromatic N) is 1. The number of nitrogens with one attached hydrogen (secondary N) is 2. The largest absolute Gasteiger partial charge is 0.491 e. The van der Waals surface area contributed by atoms with Gasteiger partial charge in [0.2, 0.25) is 5.43 Å². The number of aromatic nitrogens is 2. The van der Waals surface area contributed by atoms with Crippen LogP contribution >= 0.6 is 11.6 Å². The second-order valence-electron chi connectivity index (χ2n) is 6.10. The molecule has 0 atom stereocenters. The molecular formula is C18H18ClN3O2. The number of methoxy groups -OCH3 is 1. The molecule has 3 aromatic rings. The lowest BCUT2D eigenvalue weighted by molar-refractivity contribution is 0.242. The van der Waals surface area contributed by atoms with Crippen molar-refractivity contribution in [2.75, 3.05) is 13.7 Å². The Morgan fingerprint density at radius 1 is 1.38 bits per heavy atom. The maximum atomic E-state index is 11.9. The molecule has 0 bridgehead atoms. The lowest BCUT2D eigenvalue weighted by Crippen LogP contribution is -2.30. The third-order valence-electron chi connectivity index (χ3n) is 4.59. The molecule has 124 valence electrons. The fourth-order valence-corrected chi connectivity index (χ4v) is 3.61. The summed E-state index contributed by atoms with van der Waals surface area (Å²) in [7, 11) is 1.50. The number of para-hydroxylation sites is 1. The highest BCUT2D eigenvalue weighted by molar-refractivity contribution is 6.35. The molecule has 1 aromatic carbocycles. The van der Waals surface area contributed by atoms with Crippen LogP contribution in [-0.2, 0) is 19.5 Å². The predicted octanol–water partition coefficient (Wildman–Crippen LogP) is 3.08. The first-order chi connectivity index (χ1) is 11.7. The first-order valence-corrected chi connectivity index (χ1v) is 8.29. The number of hydrogen-bond donors (Lipinski definition) is 2. The van der Waals surface area contributed by atoms with E-state index in [2.05, 4.69) is 20.9 Å². The van der Waals surface area contributed by atoms with Crippen LogP contribution in [-0.4, -0.2) is 28.5 Å². The maximum Gasteiger partial charge on any atom is 0.223 e. The summed E-state index contributed by atoms with van der Waals surface area (Å²) in [6, 6.07) is 7.61. The molecule has 2 N–H and O–H groups in total. The van der Waals surface area contributed by atoms with Gasteiger partial charge in [-0.25, -0.2) is 0 Å². The minimum atomic E-state index is -0.0946. The average Bonchev–Trinajstić information content (AvgIpc) is 2.95. The number of rotatable bonds is 3. The van der Waals surface area contributed by atoms with Crippen molar-refractivity contribution >= 4 is 22.5 Å². The zero-order valence-electron chi connectivity index (χ0n) is 13.4. The van der Waals surface area contributed by atoms with Crippen LogP contribution in [0.4, 0.5) is 0 Å². The third kappa shape index (κ3) is 2.60. The van der Waals surface area contributed by atoms with Crippen LogP contribution in [0.25, 0.3) is 10.9 Å². The summed E-state index contributed by atoms with van der Waals surface area (Å²) in [6.07, 6.45) is 2.57. The second-order valence-corrected chi connectivity index (χ2v) is 6.50. The van der Waals surface area contributed by atoms with Gasteiger partial charge in [-0.2, -0.15) is 0 Å². The summed E-state index contributed by atoms with van der Waals surface area (Å²) < 4.78 is 5.01. The zero-order valence-corrected chi connectivity index (χ0v) is 14.1. The summed E-state index contributed by atoms with van der Waals surface area (Å²) in [6.45, 7) is 2.47. The van der Waals surface area contributed by atoms with Crippen LogP contribution < -0.4 is 10.2 Å². The van der Waals surface area contributed by atoms with Gasteiger partial charge in [0.15, 0.2) is 5.75 Å². The predicted molar refractivity (Wildman–Crippen MR) is 94.7 cm³/mol. The van der Waals surface area contributed by atoms with E-state index >= 15 is 0 Å². The van der Waals surface area contributed by atoms with Crippen molar-refractivity contribution in [1.29, 1.82) is 0 Å². The van der Waals surface area contributed by atoms with Crippen molar-refractivity contribution in [3.05, 3.63) is 62.7 Å². The Labute approximate surface area is 144 Å². The lowest BCUT2D eigenvalue weighted by atomic mass is 10.0. The molecule has 2 aromatic heterocycles. The Hall–Kier alpha value is -2.24. The highest BCUT2D eigenvalue weighted by Crippen LogP contribution is 2.31. The summed E-state index contributed by atoms with van der Waals surface area (Å²) in [5.41, 5.74) is 4.38. The van der Waals surface area contributed by atoms with Crippen molar-refractivity contribution in [2.45, 2.75) is 19.5 Å². The van der Waals surface area contributed by atoms with Crippen molar-refractivity contribution < 1.29 is 4.74 Å². The monoisotopic (exact) mass is 343 g/mol. The number of benzene rings is 1. The van der Waals surface area contributed by atoms with E-state index in [1.807, 2.05) is 12.1 Å². The molecule has 0 radical (unpaired) electrons. The fourth-order valence-electron chi connectivity index (χ4n) is 3.39. The molecule has 0 spiro atoms. The Morgan fingerprint density at radius 2 is 2.25 bits per heavy atom. The molecule has 0 fully saturated rings. The number of pyridine rings is 1. The molecule has 0 amide bonds. The summed E-state index contributed by atoms with van der Waals surface area (Å²) in [4.78, 5) is 20.8. The highest BCUT2D eigenvalue weighted by atomic mass is 35.5. The van der Waals surface area contributed by atoms with Gasteiger partial charge in [-0.15, -0.1) is 0 Å². The standard InChI is InChI=1S/C18H18ClN3O2/c1-24-17-8-20-11(7-16(17)23)9-22-6-5-15-13(10-22)12-3-2-4-14(19)18(12)21-15/h2-4,7-8,21H,5-6,9-10H2,1H3,(H,20,23). The third-order valence-corrected chi connectivity index (χ3v) is 4.90. The fraction of sp³-hybridized carbons (Fsp3) is 0.278. The van der Waals surface area contributed by atoms with Crippen LogP contribution in [0.1, 0.15) is 17.0 Å². The molecular weight excluding hydrogens is 326 g/mol. The van der Waals surface area contributed by atoms with Crippen molar-refractivity contribution in [2.24, 2.45) is 0 Å². The van der Waals surface area contributed by atoms with Crippen molar-refractivity contribution in [3.63, 3.8) is 0 Å². The number of H-pyrrole nitrogens is 2. The summed E-state index contributed by atoms with van der Waals surface area (Å²) in [5.74, 6) is 0.339. The Balaban J connectivity index is 1.60. The topological polar surface area (TPSA) is 61.1 Å². The number of aromatic amines is 2. The van der Waals surface area contributed by atoms with Gasteiger partial charge in [0.25, 0.3) is 0 Å². The summed E-state index contributed by atoms with van der Waals surface area (Å²) >= 11 is 6.29. The van der Waals surface area contributed by atoms with Gasteiger partial charge in [-0.05, 0) is 11.6 Å². The van der Waals surface area contributed by atoms with Gasteiger partial charge < -0.3 is 14.7 Å². The smallest absolute Gasteiger partial charge is 0.223 e. The molecule has 0 aliphatic carbocycles. The van der Waals surface area contributed by atoms with Crippen LogP contribution in [0.2, 0.25) is 5.02 Å². The van der Waals surface area contributed by atoms with E-state index in [1.54, 1.807) is 12.3 Å². The molecule has 24 heavy (non-hydrogen) atoms. The molecule has 1 aliphatic rings. The van der Waals surface area contributed by atoms with Gasteiger partial charge in [0.05, 0.1) is 17.6 Å². The van der Waals surface area contributed by atoms with E-state index in [0.717, 1.165) is 35.7 Å². The Morgan fingerprint density at radius 3 is 3.04 bits per heavy atom. The van der Waals surface area contributed by atoms with Gasteiger partial charge in [0.1, 0.15) is 0 Å². The minimum absolute atomic E-state index is 0.0946. The Bertz CT molecular complexity index is 961. The molecule has 6 heteroatoms. The lowest BCUT2D eigenvalue weighted by Gasteiger charge is -2.27. The second kappa shape index (κ2) is 6.00. The summed E-state index contributed by atoms with van der Waals surface area (Å²) in [5, 5.41) is 1.94. The normalized spacial score (nSPS) is 14.8. The van der Waals surface area contributed by atoms with E-state index in [-0.39, 0.29) is 5.43 Å². The zero-order chi connectivity index (χ0) is 16.7. The molecule has 1 aliphatic heterocycles. The quantitative estimate of drug-likeness (QED) is 0.768. The van der Waals surface area contributed by atoms with Crippen molar-refractivity contribution in [3.8, 4) is 5.75 Å². The van der Waals surface area contributed by atoms with Crippen molar-refractivity contribution in [1.82, 2.24) is 14.9 Å². The van der Waals surface area contributed by atoms with E-state index in [9.17, 15) is 4.79 Å². The molecule has 0 saturated heterocycles. The van der Waals surface area contributed by atoms with Crippen LogP contribution in [0.15, 0.2) is 35.3 Å². The number of hydrogen-bond acceptors (Lipinski definition) is 3. The number of ether oxygens (including phenoxy) is 1. The number of halogens is 1. The highest BCUT2D eigenvalue weighted by Gasteiger charge is 2.21. The molecule has 3 heterocycles. The van der Waals surface area contributed by atoms with E-state index < -0.39 is 0 Å². The van der Waals surface area contributed by atoms with Gasteiger partial charge >= 0.3 is 0 Å². The SMILES string of the molecule is COc1c[nH]c(CN2CCc3[nH]c4c(Cl)cccc4c3C2)cc1=O. The Kier molecular flexibility index (Phi) is 3.82. The van der Waals surface area contributed by atoms with E-state index in [0.29, 0.717) is 12.3 Å². The molecule has 0 saturated carbocycles. The average molecular weight is 344 g/mol. The first-order valence-electron chi connectivity index (χ1n) is 7.91. The van der Waals surface area contributed by atoms with E-state index in [1.165, 1.54) is 23.8 Å². The van der Waals surface area contributed by atoms with E-state index in [4.69, 9.17) is 16.3 Å². The molecule has 0 unspecified atom stereocenters. The molecule has 5 nitrogen and oxygen atoms in total. The van der Waals surface area contributed by atoms with Gasteiger partial charge in [-0.1, -0.05) is 23.7 Å². The number of fused-ring (bicyclic) bond motifs is 3. The van der Waals surface area contributed by atoms with Gasteiger partial charge in [0, 0.05) is 55.1 Å². The van der Waals surface area contributed by atoms with Gasteiger partial charge in [-0.3, -0.25) is 9.69 Å². The minimum Gasteiger partial charge on any atom is -0.491 e. The maximum absolute atomic E-state index is 11.9. The van der Waals surface area contributed by atoms with Crippen LogP contribution in [0.5, 0.6) is 5.75 Å². The van der Waals surface area contributed by atoms with Crippen LogP contribution in [0.3, 0.4) is 0 Å². The van der Waals surface area contributed by atoms with Crippen LogP contribution in [0, 0.1) is 0 Å².